The van der Waals surface area contributed by atoms with Crippen molar-refractivity contribution < 1.29 is 9.53 Å². The summed E-state index contributed by atoms with van der Waals surface area (Å²) in [5, 5.41) is 9.42. The molecule has 0 fully saturated rings. The highest BCUT2D eigenvalue weighted by atomic mass is 31.2. The molecule has 6 rings (SSSR count). The molecule has 1 aromatic heterocycles. The molecule has 1 heterocycles. The SMILES string of the molecule is Cc1nn(-c2ccccc2)c(OC(=O)c2ccccc2)c1[P+](c1ccccc1)(c1ccccc1)c1ccccc1. The molecule has 6 aromatic rings. The zero-order valence-corrected chi connectivity index (χ0v) is 23.0. The molecule has 0 N–H and O–H groups in total. The van der Waals surface area contributed by atoms with Crippen LogP contribution in [-0.2, 0) is 0 Å². The largest absolute Gasteiger partial charge is 0.399 e. The van der Waals surface area contributed by atoms with Gasteiger partial charge in [-0.3, -0.25) is 0 Å². The minimum absolute atomic E-state index is 0.425. The highest BCUT2D eigenvalue weighted by Crippen LogP contribution is 2.57. The van der Waals surface area contributed by atoms with Gasteiger partial charge in [-0.1, -0.05) is 91.0 Å². The first-order valence-electron chi connectivity index (χ1n) is 13.2. The van der Waals surface area contributed by atoms with Crippen LogP contribution < -0.4 is 26.0 Å². The number of aromatic nitrogens is 2. The first-order chi connectivity index (χ1) is 19.7. The average molecular weight is 540 g/mol. The van der Waals surface area contributed by atoms with Crippen molar-refractivity contribution in [1.82, 2.24) is 9.78 Å². The fourth-order valence-corrected chi connectivity index (χ4v) is 9.71. The molecule has 0 saturated carbocycles. The highest BCUT2D eigenvalue weighted by Gasteiger charge is 2.53. The standard InChI is InChI=1S/C35H28N2O2P/c1-27-33(34(37(36-27)29-19-9-3-10-20-29)39-35(38)28-17-7-2-8-18-28)40(30-21-11-4-12-22-30,31-23-13-5-14-24-31)32-25-15-6-16-26-32/h2-26H,1H3/q+1. The van der Waals surface area contributed by atoms with E-state index in [2.05, 4.69) is 72.8 Å². The Morgan fingerprint density at radius 1 is 0.600 bits per heavy atom. The number of nitrogens with zero attached hydrogens (tertiary/aromatic N) is 2. The molecule has 0 saturated heterocycles. The van der Waals surface area contributed by atoms with Gasteiger partial charge in [-0.2, -0.15) is 9.78 Å². The van der Waals surface area contributed by atoms with E-state index in [1.54, 1.807) is 16.8 Å². The maximum atomic E-state index is 13.6. The van der Waals surface area contributed by atoms with Gasteiger partial charge in [-0.15, -0.1) is 0 Å². The van der Waals surface area contributed by atoms with Gasteiger partial charge in [0.1, 0.15) is 21.6 Å². The monoisotopic (exact) mass is 539 g/mol. The second kappa shape index (κ2) is 11.1. The molecule has 0 amide bonds. The number of ether oxygens (including phenoxy) is 1. The lowest BCUT2D eigenvalue weighted by atomic mass is 10.2. The van der Waals surface area contributed by atoms with E-state index in [1.165, 1.54) is 0 Å². The average Bonchev–Trinajstić information content (AvgIpc) is 3.35. The molecule has 5 heteroatoms. The summed E-state index contributed by atoms with van der Waals surface area (Å²) in [5.41, 5.74) is 2.11. The molecule has 194 valence electrons. The highest BCUT2D eigenvalue weighted by molar-refractivity contribution is 8.01. The number of rotatable bonds is 7. The zero-order valence-electron chi connectivity index (χ0n) is 22.1. The number of aryl methyl sites for hydroxylation is 1. The van der Waals surface area contributed by atoms with Crippen molar-refractivity contribution in [2.24, 2.45) is 0 Å². The minimum atomic E-state index is -2.59. The summed E-state index contributed by atoms with van der Waals surface area (Å²) in [6.45, 7) is 2.01. The number of carbonyl (C=O) groups is 1. The summed E-state index contributed by atoms with van der Waals surface area (Å²) in [7, 11) is -2.59. The topological polar surface area (TPSA) is 44.1 Å². The second-order valence-electron chi connectivity index (χ2n) is 9.42. The van der Waals surface area contributed by atoms with Gasteiger partial charge in [0.15, 0.2) is 12.6 Å². The predicted molar refractivity (Wildman–Crippen MR) is 164 cm³/mol. The normalized spacial score (nSPS) is 11.2. The van der Waals surface area contributed by atoms with Crippen molar-refractivity contribution in [3.05, 3.63) is 163 Å². The fourth-order valence-electron chi connectivity index (χ4n) is 5.23. The van der Waals surface area contributed by atoms with Gasteiger partial charge in [0.2, 0.25) is 0 Å². The predicted octanol–water partition coefficient (Wildman–Crippen LogP) is 6.02. The van der Waals surface area contributed by atoms with Gasteiger partial charge in [0.25, 0.3) is 5.88 Å². The molecule has 0 atom stereocenters. The van der Waals surface area contributed by atoms with E-state index in [0.29, 0.717) is 11.4 Å². The number of para-hydroxylation sites is 1. The van der Waals surface area contributed by atoms with Crippen molar-refractivity contribution >= 4 is 34.4 Å². The van der Waals surface area contributed by atoms with Crippen LogP contribution in [0.25, 0.3) is 5.69 Å². The molecule has 4 nitrogen and oxygen atoms in total. The molecule has 5 aromatic carbocycles. The molecular formula is C35H28N2O2P+. The number of esters is 1. The van der Waals surface area contributed by atoms with Crippen LogP contribution in [0.2, 0.25) is 0 Å². The van der Waals surface area contributed by atoms with Gasteiger partial charge in [-0.25, -0.2) is 4.79 Å². The lowest BCUT2D eigenvalue weighted by Gasteiger charge is -2.27. The number of hydrogen-bond donors (Lipinski definition) is 0. The van der Waals surface area contributed by atoms with Gasteiger partial charge in [0.05, 0.1) is 11.3 Å². The third-order valence-electron chi connectivity index (χ3n) is 6.95. The maximum absolute atomic E-state index is 13.6. The summed E-state index contributed by atoms with van der Waals surface area (Å²) >= 11 is 0. The van der Waals surface area contributed by atoms with Gasteiger partial charge in [0, 0.05) is 0 Å². The van der Waals surface area contributed by atoms with E-state index < -0.39 is 13.2 Å². The Hall–Kier alpha value is -4.79. The Bertz CT molecular complexity index is 1620. The molecule has 0 spiro atoms. The first kappa shape index (κ1) is 25.5. The summed E-state index contributed by atoms with van der Waals surface area (Å²) in [6, 6.07) is 50.5. The molecule has 0 unspecified atom stereocenters. The molecule has 0 bridgehead atoms. The van der Waals surface area contributed by atoms with Crippen LogP contribution in [0.3, 0.4) is 0 Å². The Morgan fingerprint density at radius 2 is 1.00 bits per heavy atom. The van der Waals surface area contributed by atoms with E-state index in [1.807, 2.05) is 73.7 Å². The Kier molecular flexibility index (Phi) is 7.09. The van der Waals surface area contributed by atoms with Gasteiger partial charge >= 0.3 is 5.97 Å². The van der Waals surface area contributed by atoms with E-state index in [0.717, 1.165) is 32.6 Å². The summed E-state index contributed by atoms with van der Waals surface area (Å²) < 4.78 is 8.17. The fraction of sp³-hybridized carbons (Fsp3) is 0.0286. The minimum Gasteiger partial charge on any atom is -0.399 e. The molecular weight excluding hydrogens is 511 g/mol. The van der Waals surface area contributed by atoms with Gasteiger partial charge in [-0.05, 0) is 67.6 Å². The van der Waals surface area contributed by atoms with Gasteiger partial charge < -0.3 is 4.74 Å². The van der Waals surface area contributed by atoms with Crippen molar-refractivity contribution in [3.63, 3.8) is 0 Å². The molecule has 0 aliphatic carbocycles. The van der Waals surface area contributed by atoms with Crippen molar-refractivity contribution in [2.45, 2.75) is 6.92 Å². The Morgan fingerprint density at radius 3 is 1.45 bits per heavy atom. The van der Waals surface area contributed by atoms with E-state index in [4.69, 9.17) is 9.84 Å². The van der Waals surface area contributed by atoms with Crippen LogP contribution in [-0.4, -0.2) is 15.7 Å². The van der Waals surface area contributed by atoms with E-state index >= 15 is 0 Å². The number of benzene rings is 5. The van der Waals surface area contributed by atoms with Crippen molar-refractivity contribution in [3.8, 4) is 11.6 Å². The first-order valence-corrected chi connectivity index (χ1v) is 15.0. The molecule has 40 heavy (non-hydrogen) atoms. The molecule has 0 aliphatic rings. The quantitative estimate of drug-likeness (QED) is 0.184. The summed E-state index contributed by atoms with van der Waals surface area (Å²) in [6.07, 6.45) is 0. The number of hydrogen-bond acceptors (Lipinski definition) is 3. The summed E-state index contributed by atoms with van der Waals surface area (Å²) in [4.78, 5) is 13.6. The second-order valence-corrected chi connectivity index (χ2v) is 12.8. The lowest BCUT2D eigenvalue weighted by Crippen LogP contribution is -2.40. The van der Waals surface area contributed by atoms with E-state index in [9.17, 15) is 4.79 Å². The van der Waals surface area contributed by atoms with Crippen molar-refractivity contribution in [1.29, 1.82) is 0 Å². The lowest BCUT2D eigenvalue weighted by molar-refractivity contribution is 0.0724. The van der Waals surface area contributed by atoms with Crippen molar-refractivity contribution in [2.75, 3.05) is 0 Å². The molecule has 0 radical (unpaired) electrons. The summed E-state index contributed by atoms with van der Waals surface area (Å²) in [5.74, 6) is 0.00802. The Labute approximate surface area is 234 Å². The van der Waals surface area contributed by atoms with Crippen LogP contribution in [0.5, 0.6) is 5.88 Å². The Balaban J connectivity index is 1.72. The maximum Gasteiger partial charge on any atom is 0.345 e. The number of carbonyl (C=O) groups excluding carboxylic acids is 1. The third-order valence-corrected chi connectivity index (χ3v) is 11.4. The van der Waals surface area contributed by atoms with Crippen LogP contribution >= 0.6 is 7.26 Å². The van der Waals surface area contributed by atoms with Crippen LogP contribution in [0.1, 0.15) is 16.1 Å². The smallest absolute Gasteiger partial charge is 0.345 e. The van der Waals surface area contributed by atoms with Crippen LogP contribution in [0, 0.1) is 6.92 Å². The molecule has 0 aliphatic heterocycles. The van der Waals surface area contributed by atoms with Crippen LogP contribution in [0.4, 0.5) is 0 Å². The third kappa shape index (κ3) is 4.53. The zero-order chi connectivity index (χ0) is 27.4. The van der Waals surface area contributed by atoms with E-state index in [-0.39, 0.29) is 0 Å². The van der Waals surface area contributed by atoms with Crippen LogP contribution in [0.15, 0.2) is 152 Å².